The molecule has 3 aromatic rings. The quantitative estimate of drug-likeness (QED) is 0.283. The van der Waals surface area contributed by atoms with Crippen molar-refractivity contribution >= 4 is 29.1 Å². The zero-order valence-corrected chi connectivity index (χ0v) is 20.2. The van der Waals surface area contributed by atoms with E-state index in [0.29, 0.717) is 17.1 Å². The molecule has 1 aliphatic heterocycles. The second-order valence-corrected chi connectivity index (χ2v) is 8.28. The van der Waals surface area contributed by atoms with E-state index in [2.05, 4.69) is 0 Å². The predicted molar refractivity (Wildman–Crippen MR) is 132 cm³/mol. The minimum Gasteiger partial charge on any atom is -0.507 e. The summed E-state index contributed by atoms with van der Waals surface area (Å²) in [7, 11) is 4.46. The standard InChI is InChI=1S/C27H24ClNO6/c1-33-18-11-9-16(10-12-18)15-29-24(17-7-5-4-6-8-17)23(26(31)27(29)32)25(30)19-13-20(28)22(35-3)14-21(19)34-2/h4-14,24,30H,15H2,1-3H3/b25-23+. The highest BCUT2D eigenvalue weighted by Gasteiger charge is 2.46. The first kappa shape index (κ1) is 24.2. The molecule has 0 radical (unpaired) electrons. The van der Waals surface area contributed by atoms with Gasteiger partial charge in [0.25, 0.3) is 11.7 Å². The number of carbonyl (C=O) groups excluding carboxylic acids is 2. The van der Waals surface area contributed by atoms with Gasteiger partial charge in [-0.05, 0) is 29.3 Å². The van der Waals surface area contributed by atoms with E-state index < -0.39 is 17.7 Å². The van der Waals surface area contributed by atoms with Crippen LogP contribution in [0.2, 0.25) is 5.02 Å². The zero-order valence-electron chi connectivity index (χ0n) is 19.4. The topological polar surface area (TPSA) is 85.3 Å². The van der Waals surface area contributed by atoms with Crippen molar-refractivity contribution < 1.29 is 28.9 Å². The number of aliphatic hydroxyl groups excluding tert-OH is 1. The van der Waals surface area contributed by atoms with E-state index in [1.807, 2.05) is 42.5 Å². The van der Waals surface area contributed by atoms with Crippen molar-refractivity contribution in [2.24, 2.45) is 0 Å². The molecule has 0 bridgehead atoms. The zero-order chi connectivity index (χ0) is 25.1. The summed E-state index contributed by atoms with van der Waals surface area (Å²) in [4.78, 5) is 27.9. The van der Waals surface area contributed by atoms with E-state index in [-0.39, 0.29) is 34.2 Å². The Morgan fingerprint density at radius 2 is 1.57 bits per heavy atom. The average Bonchev–Trinajstić information content (AvgIpc) is 3.14. The van der Waals surface area contributed by atoms with E-state index in [1.165, 1.54) is 31.3 Å². The maximum absolute atomic E-state index is 13.3. The third kappa shape index (κ3) is 4.55. The number of likely N-dealkylation sites (tertiary alicyclic amines) is 1. The Bertz CT molecular complexity index is 1290. The summed E-state index contributed by atoms with van der Waals surface area (Å²) < 4.78 is 15.9. The van der Waals surface area contributed by atoms with E-state index in [9.17, 15) is 14.7 Å². The Hall–Kier alpha value is -3.97. The fourth-order valence-corrected chi connectivity index (χ4v) is 4.38. The normalized spacial score (nSPS) is 16.9. The smallest absolute Gasteiger partial charge is 0.295 e. The third-order valence-electron chi connectivity index (χ3n) is 5.90. The molecule has 3 aromatic carbocycles. The summed E-state index contributed by atoms with van der Waals surface area (Å²) in [5.74, 6) is -0.611. The molecule has 0 spiro atoms. The first-order valence-electron chi connectivity index (χ1n) is 10.8. The molecule has 1 amide bonds. The number of aliphatic hydroxyl groups is 1. The number of hydrogen-bond acceptors (Lipinski definition) is 6. The van der Waals surface area contributed by atoms with Crippen LogP contribution in [0.3, 0.4) is 0 Å². The van der Waals surface area contributed by atoms with Crippen LogP contribution in [0.25, 0.3) is 5.76 Å². The van der Waals surface area contributed by atoms with Crippen molar-refractivity contribution in [3.05, 3.63) is 94.0 Å². The van der Waals surface area contributed by atoms with Crippen LogP contribution in [-0.4, -0.2) is 43.0 Å². The Morgan fingerprint density at radius 3 is 2.17 bits per heavy atom. The number of hydrogen-bond donors (Lipinski definition) is 1. The van der Waals surface area contributed by atoms with Crippen molar-refractivity contribution in [2.45, 2.75) is 12.6 Å². The number of carbonyl (C=O) groups is 2. The molecule has 0 aliphatic carbocycles. The summed E-state index contributed by atoms with van der Waals surface area (Å²) in [5.41, 5.74) is 1.62. The molecule has 35 heavy (non-hydrogen) atoms. The van der Waals surface area contributed by atoms with Crippen molar-refractivity contribution in [1.29, 1.82) is 0 Å². The number of amides is 1. The first-order chi connectivity index (χ1) is 16.9. The number of nitrogens with zero attached hydrogens (tertiary/aromatic N) is 1. The molecule has 180 valence electrons. The molecule has 1 fully saturated rings. The fraction of sp³-hybridized carbons (Fsp3) is 0.185. The summed E-state index contributed by atoms with van der Waals surface area (Å²) >= 11 is 6.30. The van der Waals surface area contributed by atoms with Crippen LogP contribution in [0.1, 0.15) is 22.7 Å². The molecule has 4 rings (SSSR count). The predicted octanol–water partition coefficient (Wildman–Crippen LogP) is 4.99. The van der Waals surface area contributed by atoms with E-state index >= 15 is 0 Å². The summed E-state index contributed by atoms with van der Waals surface area (Å²) in [6, 6.07) is 18.5. The van der Waals surface area contributed by atoms with Crippen LogP contribution in [-0.2, 0) is 16.1 Å². The maximum atomic E-state index is 13.3. The van der Waals surface area contributed by atoms with Crippen LogP contribution >= 0.6 is 11.6 Å². The number of methoxy groups -OCH3 is 3. The summed E-state index contributed by atoms with van der Waals surface area (Å²) in [5, 5.41) is 11.6. The maximum Gasteiger partial charge on any atom is 0.295 e. The monoisotopic (exact) mass is 493 g/mol. The number of Topliss-reactive ketones (excluding diaryl/α,β-unsaturated/α-hetero) is 1. The molecule has 1 saturated heterocycles. The third-order valence-corrected chi connectivity index (χ3v) is 6.19. The van der Waals surface area contributed by atoms with Crippen molar-refractivity contribution in [2.75, 3.05) is 21.3 Å². The Morgan fingerprint density at radius 1 is 0.914 bits per heavy atom. The lowest BCUT2D eigenvalue weighted by Crippen LogP contribution is -2.29. The number of halogens is 1. The average molecular weight is 494 g/mol. The van der Waals surface area contributed by atoms with Gasteiger partial charge in [-0.25, -0.2) is 0 Å². The Kier molecular flexibility index (Phi) is 6.98. The molecule has 0 aromatic heterocycles. The van der Waals surface area contributed by atoms with E-state index in [0.717, 1.165) is 5.56 Å². The lowest BCUT2D eigenvalue weighted by molar-refractivity contribution is -0.140. The van der Waals surface area contributed by atoms with Gasteiger partial charge in [0.05, 0.1) is 43.5 Å². The van der Waals surface area contributed by atoms with Gasteiger partial charge in [-0.15, -0.1) is 0 Å². The van der Waals surface area contributed by atoms with E-state index in [1.54, 1.807) is 19.2 Å². The number of ether oxygens (including phenoxy) is 3. The second kappa shape index (κ2) is 10.1. The van der Waals surface area contributed by atoms with Gasteiger partial charge in [-0.2, -0.15) is 0 Å². The van der Waals surface area contributed by atoms with Crippen LogP contribution in [0.4, 0.5) is 0 Å². The van der Waals surface area contributed by atoms with Crippen molar-refractivity contribution in [1.82, 2.24) is 4.90 Å². The number of ketones is 1. The van der Waals surface area contributed by atoms with Crippen molar-refractivity contribution in [3.63, 3.8) is 0 Å². The first-order valence-corrected chi connectivity index (χ1v) is 11.2. The molecule has 0 saturated carbocycles. The van der Waals surface area contributed by atoms with E-state index in [4.69, 9.17) is 25.8 Å². The highest BCUT2D eigenvalue weighted by atomic mass is 35.5. The van der Waals surface area contributed by atoms with Crippen LogP contribution in [0.15, 0.2) is 72.3 Å². The molecular formula is C27H24ClNO6. The molecule has 7 nitrogen and oxygen atoms in total. The van der Waals surface area contributed by atoms with Gasteiger partial charge in [-0.1, -0.05) is 54.1 Å². The summed E-state index contributed by atoms with van der Waals surface area (Å²) in [6.07, 6.45) is 0. The molecule has 1 aliphatic rings. The number of rotatable bonds is 7. The van der Waals surface area contributed by atoms with Crippen molar-refractivity contribution in [3.8, 4) is 17.2 Å². The van der Waals surface area contributed by atoms with Gasteiger partial charge < -0.3 is 24.2 Å². The van der Waals surface area contributed by atoms with Gasteiger partial charge in [-0.3, -0.25) is 9.59 Å². The van der Waals surface area contributed by atoms with Gasteiger partial charge in [0.2, 0.25) is 0 Å². The van der Waals surface area contributed by atoms with Gasteiger partial charge in [0, 0.05) is 12.6 Å². The molecule has 8 heteroatoms. The van der Waals surface area contributed by atoms with Gasteiger partial charge in [0.1, 0.15) is 23.0 Å². The second-order valence-electron chi connectivity index (χ2n) is 7.87. The lowest BCUT2D eigenvalue weighted by atomic mass is 9.95. The van der Waals surface area contributed by atoms with Crippen LogP contribution in [0, 0.1) is 0 Å². The summed E-state index contributed by atoms with van der Waals surface area (Å²) in [6.45, 7) is 0.158. The largest absolute Gasteiger partial charge is 0.507 e. The van der Waals surface area contributed by atoms with Crippen LogP contribution in [0.5, 0.6) is 17.2 Å². The minimum atomic E-state index is -0.816. The molecule has 1 atom stereocenters. The molecule has 1 heterocycles. The van der Waals surface area contributed by atoms with Gasteiger partial charge in [0.15, 0.2) is 0 Å². The Labute approximate surface area is 208 Å². The lowest BCUT2D eigenvalue weighted by Gasteiger charge is -2.25. The van der Waals surface area contributed by atoms with Crippen LogP contribution < -0.4 is 14.2 Å². The highest BCUT2D eigenvalue weighted by Crippen LogP contribution is 2.43. The molecule has 1 N–H and O–H groups in total. The number of benzene rings is 3. The minimum absolute atomic E-state index is 0.0470. The SMILES string of the molecule is COc1ccc(CN2C(=O)C(=O)/C(=C(/O)c3cc(Cl)c(OC)cc3OC)C2c2ccccc2)cc1. The molecular weight excluding hydrogens is 470 g/mol. The van der Waals surface area contributed by atoms with Gasteiger partial charge >= 0.3 is 0 Å². The Balaban J connectivity index is 1.87. The molecule has 1 unspecified atom stereocenters. The highest BCUT2D eigenvalue weighted by molar-refractivity contribution is 6.46. The fourth-order valence-electron chi connectivity index (χ4n) is 4.14.